The summed E-state index contributed by atoms with van der Waals surface area (Å²) in [5.74, 6) is -0.101. The summed E-state index contributed by atoms with van der Waals surface area (Å²) in [6.07, 6.45) is 1.88. The fourth-order valence-corrected chi connectivity index (χ4v) is 3.52. The molecule has 1 saturated carbocycles. The molecule has 100 valence electrons. The molecule has 0 N–H and O–H groups in total. The number of fused-ring (bicyclic) bond motifs is 2. The SMILES string of the molecule is COC(=O)C1=C(OC(C)=O)[C@@]2(C)CC[C@@H]1C2(C)C. The zero-order valence-electron chi connectivity index (χ0n) is 11.6. The van der Waals surface area contributed by atoms with Crippen molar-refractivity contribution in [3.8, 4) is 0 Å². The minimum atomic E-state index is -0.379. The van der Waals surface area contributed by atoms with Crippen LogP contribution in [0.2, 0.25) is 0 Å². The van der Waals surface area contributed by atoms with Crippen LogP contribution in [0.5, 0.6) is 0 Å². The van der Waals surface area contributed by atoms with E-state index in [2.05, 4.69) is 20.8 Å². The molecule has 0 amide bonds. The van der Waals surface area contributed by atoms with Crippen molar-refractivity contribution in [3.63, 3.8) is 0 Å². The minimum Gasteiger partial charge on any atom is -0.466 e. The van der Waals surface area contributed by atoms with Gasteiger partial charge >= 0.3 is 11.9 Å². The van der Waals surface area contributed by atoms with Crippen LogP contribution in [0.4, 0.5) is 0 Å². The first kappa shape index (κ1) is 13.1. The summed E-state index contributed by atoms with van der Waals surface area (Å²) >= 11 is 0. The number of esters is 2. The zero-order valence-corrected chi connectivity index (χ0v) is 11.6. The quantitative estimate of drug-likeness (QED) is 0.708. The second-order valence-electron chi connectivity index (χ2n) is 5.97. The molecule has 0 aliphatic heterocycles. The number of methoxy groups -OCH3 is 1. The Morgan fingerprint density at radius 3 is 2.39 bits per heavy atom. The number of ether oxygens (including phenoxy) is 2. The van der Waals surface area contributed by atoms with Crippen molar-refractivity contribution in [3.05, 3.63) is 11.3 Å². The van der Waals surface area contributed by atoms with E-state index in [9.17, 15) is 9.59 Å². The number of carbonyl (C=O) groups excluding carboxylic acids is 2. The third kappa shape index (κ3) is 1.44. The molecular weight excluding hydrogens is 232 g/mol. The van der Waals surface area contributed by atoms with Gasteiger partial charge in [-0.3, -0.25) is 4.79 Å². The van der Waals surface area contributed by atoms with Crippen molar-refractivity contribution in [2.45, 2.75) is 40.5 Å². The van der Waals surface area contributed by atoms with E-state index in [1.165, 1.54) is 14.0 Å². The van der Waals surface area contributed by atoms with E-state index in [1.54, 1.807) is 0 Å². The third-order valence-corrected chi connectivity index (χ3v) is 4.97. The molecule has 4 nitrogen and oxygen atoms in total. The highest BCUT2D eigenvalue weighted by Gasteiger charge is 2.64. The van der Waals surface area contributed by atoms with Gasteiger partial charge in [-0.05, 0) is 18.3 Å². The normalized spacial score (nSPS) is 32.6. The predicted molar refractivity (Wildman–Crippen MR) is 65.4 cm³/mol. The Morgan fingerprint density at radius 2 is 1.89 bits per heavy atom. The van der Waals surface area contributed by atoms with E-state index in [-0.39, 0.29) is 28.7 Å². The first-order valence-corrected chi connectivity index (χ1v) is 6.27. The van der Waals surface area contributed by atoms with Crippen LogP contribution >= 0.6 is 0 Å². The Balaban J connectivity index is 2.55. The Hall–Kier alpha value is -1.32. The van der Waals surface area contributed by atoms with Crippen LogP contribution in [0.1, 0.15) is 40.5 Å². The van der Waals surface area contributed by atoms with E-state index in [0.717, 1.165) is 12.8 Å². The Morgan fingerprint density at radius 1 is 1.28 bits per heavy atom. The molecule has 0 saturated heterocycles. The van der Waals surface area contributed by atoms with E-state index < -0.39 is 0 Å². The van der Waals surface area contributed by atoms with Crippen LogP contribution in [0.25, 0.3) is 0 Å². The van der Waals surface area contributed by atoms with Crippen LogP contribution < -0.4 is 0 Å². The van der Waals surface area contributed by atoms with Gasteiger partial charge in [0.25, 0.3) is 0 Å². The van der Waals surface area contributed by atoms with Gasteiger partial charge < -0.3 is 9.47 Å². The molecular formula is C14H20O4. The largest absolute Gasteiger partial charge is 0.466 e. The topological polar surface area (TPSA) is 52.6 Å². The summed E-state index contributed by atoms with van der Waals surface area (Å²) in [4.78, 5) is 23.2. The number of carbonyl (C=O) groups is 2. The lowest BCUT2D eigenvalue weighted by atomic mass is 9.69. The zero-order chi connectivity index (χ0) is 13.7. The van der Waals surface area contributed by atoms with Crippen molar-refractivity contribution in [1.29, 1.82) is 0 Å². The molecule has 2 bridgehead atoms. The molecule has 0 heterocycles. The highest BCUT2D eigenvalue weighted by Crippen LogP contribution is 2.68. The van der Waals surface area contributed by atoms with Crippen LogP contribution in [-0.2, 0) is 19.1 Å². The number of allylic oxidation sites excluding steroid dienone is 1. The number of hydrogen-bond acceptors (Lipinski definition) is 4. The van der Waals surface area contributed by atoms with Gasteiger partial charge in [-0.25, -0.2) is 4.79 Å². The molecule has 0 spiro atoms. The summed E-state index contributed by atoms with van der Waals surface area (Å²) in [7, 11) is 1.36. The summed E-state index contributed by atoms with van der Waals surface area (Å²) in [5.41, 5.74) is 0.222. The van der Waals surface area contributed by atoms with E-state index in [1.807, 2.05) is 0 Å². The fourth-order valence-electron chi connectivity index (χ4n) is 3.52. The van der Waals surface area contributed by atoms with E-state index in [0.29, 0.717) is 11.3 Å². The maximum Gasteiger partial charge on any atom is 0.337 e. The van der Waals surface area contributed by atoms with Crippen molar-refractivity contribution in [2.24, 2.45) is 16.7 Å². The molecule has 0 unspecified atom stereocenters. The first-order valence-electron chi connectivity index (χ1n) is 6.27. The molecule has 0 aromatic heterocycles. The van der Waals surface area contributed by atoms with Gasteiger partial charge in [0.05, 0.1) is 12.7 Å². The molecule has 2 aliphatic rings. The first-order chi connectivity index (χ1) is 8.25. The maximum atomic E-state index is 12.0. The van der Waals surface area contributed by atoms with Gasteiger partial charge in [-0.2, -0.15) is 0 Å². The lowest BCUT2D eigenvalue weighted by Gasteiger charge is -2.35. The summed E-state index contributed by atoms with van der Waals surface area (Å²) in [6, 6.07) is 0. The van der Waals surface area contributed by atoms with Crippen molar-refractivity contribution in [1.82, 2.24) is 0 Å². The summed E-state index contributed by atoms with van der Waals surface area (Å²) in [6.45, 7) is 7.69. The highest BCUT2D eigenvalue weighted by atomic mass is 16.5. The lowest BCUT2D eigenvalue weighted by molar-refractivity contribution is -0.140. The second kappa shape index (κ2) is 3.84. The predicted octanol–water partition coefficient (Wildman–Crippen LogP) is 2.43. The average Bonchev–Trinajstić information content (AvgIpc) is 2.59. The molecule has 1 fully saturated rings. The molecule has 0 radical (unpaired) electrons. The maximum absolute atomic E-state index is 12.0. The van der Waals surface area contributed by atoms with Gasteiger partial charge in [-0.1, -0.05) is 20.8 Å². The van der Waals surface area contributed by atoms with Gasteiger partial charge in [0.15, 0.2) is 0 Å². The van der Waals surface area contributed by atoms with Crippen molar-refractivity contribution >= 4 is 11.9 Å². The van der Waals surface area contributed by atoms with Crippen LogP contribution in [0, 0.1) is 16.7 Å². The molecule has 4 heteroatoms. The fraction of sp³-hybridized carbons (Fsp3) is 0.714. The monoisotopic (exact) mass is 252 g/mol. The molecule has 18 heavy (non-hydrogen) atoms. The third-order valence-electron chi connectivity index (χ3n) is 4.97. The Kier molecular flexibility index (Phi) is 2.80. The second-order valence-corrected chi connectivity index (χ2v) is 5.97. The Labute approximate surface area is 107 Å². The average molecular weight is 252 g/mol. The van der Waals surface area contributed by atoms with Gasteiger partial charge in [0.2, 0.25) is 0 Å². The lowest BCUT2D eigenvalue weighted by Crippen LogP contribution is -2.31. The van der Waals surface area contributed by atoms with Crippen LogP contribution in [0.15, 0.2) is 11.3 Å². The number of hydrogen-bond donors (Lipinski definition) is 0. The minimum absolute atomic E-state index is 0.0820. The smallest absolute Gasteiger partial charge is 0.337 e. The van der Waals surface area contributed by atoms with Crippen molar-refractivity contribution < 1.29 is 19.1 Å². The molecule has 0 aromatic carbocycles. The molecule has 2 rings (SSSR count). The summed E-state index contributed by atoms with van der Waals surface area (Å²) < 4.78 is 10.2. The molecule has 0 aromatic rings. The number of rotatable bonds is 2. The van der Waals surface area contributed by atoms with E-state index in [4.69, 9.17) is 9.47 Å². The standard InChI is InChI=1S/C14H20O4/c1-8(15)18-11-10(12(16)17-5)9-6-7-14(11,4)13(9,2)3/h9H,6-7H2,1-5H3/t9-,14+/m0/s1. The van der Waals surface area contributed by atoms with Gasteiger partial charge in [0, 0.05) is 18.3 Å². The van der Waals surface area contributed by atoms with Gasteiger partial charge in [0.1, 0.15) is 5.76 Å². The van der Waals surface area contributed by atoms with Crippen molar-refractivity contribution in [2.75, 3.05) is 7.11 Å². The Bertz CT molecular complexity index is 447. The van der Waals surface area contributed by atoms with Gasteiger partial charge in [-0.15, -0.1) is 0 Å². The molecule has 2 atom stereocenters. The van der Waals surface area contributed by atoms with E-state index >= 15 is 0 Å². The van der Waals surface area contributed by atoms with Crippen LogP contribution in [0.3, 0.4) is 0 Å². The summed E-state index contributed by atoms with van der Waals surface area (Å²) in [5, 5.41) is 0. The highest BCUT2D eigenvalue weighted by molar-refractivity contribution is 5.92. The van der Waals surface area contributed by atoms with Crippen LogP contribution in [-0.4, -0.2) is 19.0 Å². The molecule has 2 aliphatic carbocycles.